The number of nitrogens with zero attached hydrogens (tertiary/aromatic N) is 2. The van der Waals surface area contributed by atoms with Gasteiger partial charge < -0.3 is 14.4 Å². The van der Waals surface area contributed by atoms with Gasteiger partial charge in [-0.05, 0) is 82.4 Å². The normalized spacial score (nSPS) is 15.8. The van der Waals surface area contributed by atoms with Crippen LogP contribution in [0.5, 0.6) is 11.5 Å². The van der Waals surface area contributed by atoms with Crippen LogP contribution >= 0.6 is 11.8 Å². The highest BCUT2D eigenvalue weighted by atomic mass is 32.2. The van der Waals surface area contributed by atoms with Crippen molar-refractivity contribution < 1.29 is 23.9 Å². The molecule has 0 unspecified atom stereocenters. The lowest BCUT2D eigenvalue weighted by molar-refractivity contribution is -0.136. The lowest BCUT2D eigenvalue weighted by Gasteiger charge is -2.29. The van der Waals surface area contributed by atoms with E-state index in [2.05, 4.69) is 30.3 Å². The molecule has 6 rings (SSSR count). The molecular weight excluding hydrogens is 548 g/mol. The summed E-state index contributed by atoms with van der Waals surface area (Å²) >= 11 is 0.841. The van der Waals surface area contributed by atoms with E-state index in [4.69, 9.17) is 9.47 Å². The molecule has 0 spiro atoms. The summed E-state index contributed by atoms with van der Waals surface area (Å²) in [5.41, 5.74) is 4.06. The number of ether oxygens (including phenoxy) is 2. The van der Waals surface area contributed by atoms with E-state index in [1.807, 2.05) is 49.4 Å². The molecule has 0 bridgehead atoms. The van der Waals surface area contributed by atoms with Gasteiger partial charge in [0, 0.05) is 13.1 Å². The van der Waals surface area contributed by atoms with Crippen molar-refractivity contribution in [3.8, 4) is 11.5 Å². The molecule has 7 nitrogen and oxygen atoms in total. The molecule has 0 aromatic heterocycles. The number of hydrogen-bond donors (Lipinski definition) is 0. The second-order valence-corrected chi connectivity index (χ2v) is 11.2. The molecule has 4 aromatic rings. The predicted molar refractivity (Wildman–Crippen MR) is 164 cm³/mol. The van der Waals surface area contributed by atoms with E-state index in [-0.39, 0.29) is 17.4 Å². The maximum atomic E-state index is 13.2. The second-order valence-electron chi connectivity index (χ2n) is 10.2. The van der Waals surface area contributed by atoms with Gasteiger partial charge in [-0.15, -0.1) is 0 Å². The van der Waals surface area contributed by atoms with Crippen LogP contribution in [0.2, 0.25) is 0 Å². The molecule has 42 heavy (non-hydrogen) atoms. The van der Waals surface area contributed by atoms with Gasteiger partial charge in [-0.3, -0.25) is 19.3 Å². The average molecular weight is 579 g/mol. The Morgan fingerprint density at radius 3 is 2.50 bits per heavy atom. The third-order valence-corrected chi connectivity index (χ3v) is 8.33. The molecule has 3 amide bonds. The summed E-state index contributed by atoms with van der Waals surface area (Å²) in [5, 5.41) is 1.87. The molecule has 0 N–H and O–H groups in total. The number of amides is 3. The Labute approximate surface area is 248 Å². The molecule has 0 aliphatic carbocycles. The Balaban J connectivity index is 1.13. The highest BCUT2D eigenvalue weighted by Crippen LogP contribution is 2.35. The third-order valence-electron chi connectivity index (χ3n) is 7.42. The lowest BCUT2D eigenvalue weighted by Crippen LogP contribution is -2.44. The Hall–Kier alpha value is -4.56. The maximum Gasteiger partial charge on any atom is 0.294 e. The predicted octanol–water partition coefficient (Wildman–Crippen LogP) is 6.44. The van der Waals surface area contributed by atoms with Crippen molar-refractivity contribution in [3.63, 3.8) is 0 Å². The van der Waals surface area contributed by atoms with Crippen LogP contribution in [0.3, 0.4) is 0 Å². The van der Waals surface area contributed by atoms with Crippen molar-refractivity contribution in [2.75, 3.05) is 19.7 Å². The van der Waals surface area contributed by atoms with Crippen LogP contribution in [0.1, 0.15) is 29.2 Å². The number of hydrogen-bond acceptors (Lipinski definition) is 6. The molecule has 2 heterocycles. The zero-order valence-corrected chi connectivity index (χ0v) is 24.1. The van der Waals surface area contributed by atoms with Crippen molar-refractivity contribution in [3.05, 3.63) is 112 Å². The smallest absolute Gasteiger partial charge is 0.294 e. The van der Waals surface area contributed by atoms with Gasteiger partial charge >= 0.3 is 0 Å². The van der Waals surface area contributed by atoms with E-state index in [9.17, 15) is 14.4 Å². The first-order valence-corrected chi connectivity index (χ1v) is 14.8. The van der Waals surface area contributed by atoms with E-state index in [1.165, 1.54) is 10.9 Å². The number of benzene rings is 4. The van der Waals surface area contributed by atoms with Crippen molar-refractivity contribution >= 4 is 45.7 Å². The van der Waals surface area contributed by atoms with Crippen LogP contribution in [0.4, 0.5) is 4.79 Å². The van der Waals surface area contributed by atoms with Gasteiger partial charge in [-0.2, -0.15) is 0 Å². The first-order chi connectivity index (χ1) is 20.5. The minimum Gasteiger partial charge on any atom is -0.490 e. The molecule has 0 atom stereocenters. The fraction of sp³-hybridized carbons (Fsp3) is 0.206. The van der Waals surface area contributed by atoms with Gasteiger partial charge in [0.15, 0.2) is 11.5 Å². The summed E-state index contributed by atoms with van der Waals surface area (Å²) in [6.45, 7) is 3.49. The van der Waals surface area contributed by atoms with E-state index in [0.717, 1.165) is 39.6 Å². The molecule has 0 radical (unpaired) electrons. The van der Waals surface area contributed by atoms with Gasteiger partial charge in [-0.1, -0.05) is 66.7 Å². The zero-order chi connectivity index (χ0) is 29.1. The molecular formula is C34H30N2O5S. The van der Waals surface area contributed by atoms with E-state index >= 15 is 0 Å². The summed E-state index contributed by atoms with van der Waals surface area (Å²) in [5.74, 6) is 0.431. The van der Waals surface area contributed by atoms with E-state index in [1.54, 1.807) is 23.1 Å². The summed E-state index contributed by atoms with van der Waals surface area (Å²) in [6.07, 6.45) is 2.41. The highest BCUT2D eigenvalue weighted by molar-refractivity contribution is 8.18. The number of imide groups is 1. The molecule has 1 saturated heterocycles. The van der Waals surface area contributed by atoms with Gasteiger partial charge in [0.1, 0.15) is 13.2 Å². The van der Waals surface area contributed by atoms with Crippen LogP contribution in [-0.4, -0.2) is 46.5 Å². The lowest BCUT2D eigenvalue weighted by atomic mass is 10.00. The van der Waals surface area contributed by atoms with Crippen molar-refractivity contribution in [1.82, 2.24) is 9.80 Å². The zero-order valence-electron chi connectivity index (χ0n) is 23.2. The Morgan fingerprint density at radius 1 is 0.881 bits per heavy atom. The fourth-order valence-electron chi connectivity index (χ4n) is 5.22. The van der Waals surface area contributed by atoms with Crippen molar-refractivity contribution in [2.45, 2.75) is 26.5 Å². The molecule has 2 aliphatic rings. The maximum absolute atomic E-state index is 13.2. The Kier molecular flexibility index (Phi) is 7.97. The van der Waals surface area contributed by atoms with Gasteiger partial charge in [0.05, 0.1) is 11.5 Å². The third kappa shape index (κ3) is 5.90. The summed E-state index contributed by atoms with van der Waals surface area (Å²) in [4.78, 5) is 41.9. The van der Waals surface area contributed by atoms with E-state index in [0.29, 0.717) is 43.4 Å². The minimum absolute atomic E-state index is 0.236. The SMILES string of the molecule is CCOc1cc(/C=C2/SC(=O)N(CC(=O)N3CCc4ccccc4C3)C2=O)ccc1OCc1ccc2ccccc2c1. The number of rotatable bonds is 8. The number of carbonyl (C=O) groups excluding carboxylic acids is 3. The molecule has 1 fully saturated rings. The minimum atomic E-state index is -0.467. The van der Waals surface area contributed by atoms with Gasteiger partial charge in [-0.25, -0.2) is 0 Å². The topological polar surface area (TPSA) is 76.2 Å². The van der Waals surface area contributed by atoms with Gasteiger partial charge in [0.25, 0.3) is 11.1 Å². The molecule has 8 heteroatoms. The van der Waals surface area contributed by atoms with Crippen LogP contribution < -0.4 is 9.47 Å². The standard InChI is InChI=1S/C34H30N2O5S/c1-2-40-30-18-23(12-14-29(30)41-22-24-11-13-25-7-3-5-9-27(25)17-24)19-31-33(38)36(34(39)42-31)21-32(37)35-16-15-26-8-4-6-10-28(26)20-35/h3-14,17-19H,2,15-16,20-22H2,1H3/b31-19+. The first-order valence-electron chi connectivity index (χ1n) is 14.0. The van der Waals surface area contributed by atoms with Crippen LogP contribution in [0, 0.1) is 0 Å². The van der Waals surface area contributed by atoms with Crippen molar-refractivity contribution in [2.24, 2.45) is 0 Å². The van der Waals surface area contributed by atoms with Gasteiger partial charge in [0.2, 0.25) is 5.91 Å². The van der Waals surface area contributed by atoms with Crippen LogP contribution in [0.25, 0.3) is 16.8 Å². The second kappa shape index (κ2) is 12.1. The first kappa shape index (κ1) is 27.6. The van der Waals surface area contributed by atoms with E-state index < -0.39 is 11.1 Å². The number of fused-ring (bicyclic) bond motifs is 2. The molecule has 2 aliphatic heterocycles. The summed E-state index contributed by atoms with van der Waals surface area (Å²) in [6, 6.07) is 27.9. The van der Waals surface area contributed by atoms with Crippen molar-refractivity contribution in [1.29, 1.82) is 0 Å². The Morgan fingerprint density at radius 2 is 1.67 bits per heavy atom. The molecule has 0 saturated carbocycles. The monoisotopic (exact) mass is 578 g/mol. The number of carbonyl (C=O) groups is 3. The Bertz CT molecular complexity index is 1720. The van der Waals surface area contributed by atoms with Crippen LogP contribution in [0.15, 0.2) is 89.8 Å². The number of thioether (sulfide) groups is 1. The average Bonchev–Trinajstić information content (AvgIpc) is 3.27. The quantitative estimate of drug-likeness (QED) is 0.224. The summed E-state index contributed by atoms with van der Waals surface area (Å²) < 4.78 is 11.9. The largest absolute Gasteiger partial charge is 0.490 e. The summed E-state index contributed by atoms with van der Waals surface area (Å²) in [7, 11) is 0. The molecule has 212 valence electrons. The fourth-order valence-corrected chi connectivity index (χ4v) is 6.06. The highest BCUT2D eigenvalue weighted by Gasteiger charge is 2.37. The molecule has 4 aromatic carbocycles. The van der Waals surface area contributed by atoms with Crippen LogP contribution in [-0.2, 0) is 29.2 Å².